The number of hydrogen-bond acceptors (Lipinski definition) is 4. The molecule has 5 nitrogen and oxygen atoms in total. The normalized spacial score (nSPS) is 17.1. The van der Waals surface area contributed by atoms with Crippen LogP contribution in [0.25, 0.3) is 0 Å². The summed E-state index contributed by atoms with van der Waals surface area (Å²) in [4.78, 5) is 2.09. The first-order valence-corrected chi connectivity index (χ1v) is 6.62. The smallest absolute Gasteiger partial charge is 0.157 e. The van der Waals surface area contributed by atoms with E-state index in [2.05, 4.69) is 44.7 Å². The van der Waals surface area contributed by atoms with Gasteiger partial charge in [-0.15, -0.1) is 0 Å². The third kappa shape index (κ3) is 2.01. The zero-order chi connectivity index (χ0) is 14.3. The van der Waals surface area contributed by atoms with Crippen molar-refractivity contribution in [2.24, 2.45) is 5.73 Å². The summed E-state index contributed by atoms with van der Waals surface area (Å²) >= 11 is 0. The van der Waals surface area contributed by atoms with Crippen LogP contribution in [0.1, 0.15) is 22.7 Å². The summed E-state index contributed by atoms with van der Waals surface area (Å²) in [6.07, 6.45) is 2.04. The van der Waals surface area contributed by atoms with Crippen LogP contribution >= 0.6 is 0 Å². The van der Waals surface area contributed by atoms with Crippen LogP contribution < -0.4 is 16.0 Å². The Hall–Kier alpha value is -2.43. The van der Waals surface area contributed by atoms with Crippen LogP contribution in [0.2, 0.25) is 0 Å². The van der Waals surface area contributed by atoms with Crippen LogP contribution in [-0.4, -0.2) is 24.3 Å². The molecular formula is C15H19N5. The van der Waals surface area contributed by atoms with Crippen molar-refractivity contribution in [3.8, 4) is 0 Å². The number of nitrogens with one attached hydrogen (secondary N) is 2. The van der Waals surface area contributed by atoms with Crippen LogP contribution in [0.15, 0.2) is 36.2 Å². The number of benzene rings is 1. The van der Waals surface area contributed by atoms with Crippen LogP contribution in [0.5, 0.6) is 0 Å². The van der Waals surface area contributed by atoms with E-state index >= 15 is 0 Å². The van der Waals surface area contributed by atoms with Crippen molar-refractivity contribution in [1.29, 1.82) is 0 Å². The highest BCUT2D eigenvalue weighted by molar-refractivity contribution is 5.61. The number of rotatable bonds is 2. The van der Waals surface area contributed by atoms with Crippen molar-refractivity contribution in [2.75, 3.05) is 24.3 Å². The second kappa shape index (κ2) is 4.59. The van der Waals surface area contributed by atoms with Crippen LogP contribution in [0, 0.1) is 6.92 Å². The number of nitrogens with two attached hydrogens (primary N) is 1. The maximum Gasteiger partial charge on any atom is 0.157 e. The summed E-state index contributed by atoms with van der Waals surface area (Å²) in [5.74, 6) is 1.61. The van der Waals surface area contributed by atoms with Gasteiger partial charge in [-0.25, -0.2) is 0 Å². The number of fused-ring (bicyclic) bond motifs is 1. The third-order valence-electron chi connectivity index (χ3n) is 3.68. The van der Waals surface area contributed by atoms with Crippen molar-refractivity contribution in [3.63, 3.8) is 0 Å². The maximum atomic E-state index is 5.95. The summed E-state index contributed by atoms with van der Waals surface area (Å²) in [5, 5.41) is 10.4. The van der Waals surface area contributed by atoms with Crippen LogP contribution in [0.4, 0.5) is 11.5 Å². The van der Waals surface area contributed by atoms with Crippen molar-refractivity contribution in [3.05, 3.63) is 53.0 Å². The standard InChI is InChI=1S/C15H19N5/c1-9-14-12(8-13(16)17-15(14)19-18-9)10-4-6-11(7-5-10)20(2)3/h4-8,12H,16H2,1-3H3,(H2,17,18,19). The minimum Gasteiger partial charge on any atom is -0.385 e. The van der Waals surface area contributed by atoms with Crippen LogP contribution in [-0.2, 0) is 0 Å². The molecule has 1 aromatic heterocycles. The number of aromatic nitrogens is 2. The minimum atomic E-state index is 0.140. The van der Waals surface area contributed by atoms with Gasteiger partial charge in [0.25, 0.3) is 0 Å². The Morgan fingerprint density at radius 1 is 1.20 bits per heavy atom. The monoisotopic (exact) mass is 269 g/mol. The van der Waals surface area contributed by atoms with Gasteiger partial charge >= 0.3 is 0 Å². The summed E-state index contributed by atoms with van der Waals surface area (Å²) in [5.41, 5.74) is 10.6. The molecule has 5 heteroatoms. The van der Waals surface area contributed by atoms with E-state index in [0.717, 1.165) is 17.1 Å². The molecule has 1 aliphatic heterocycles. The highest BCUT2D eigenvalue weighted by Gasteiger charge is 2.25. The van der Waals surface area contributed by atoms with Gasteiger partial charge in [-0.05, 0) is 30.7 Å². The van der Waals surface area contributed by atoms with Gasteiger partial charge in [0.1, 0.15) is 0 Å². The molecule has 104 valence electrons. The summed E-state index contributed by atoms with van der Waals surface area (Å²) < 4.78 is 0. The summed E-state index contributed by atoms with van der Waals surface area (Å²) in [6.45, 7) is 2.03. The van der Waals surface area contributed by atoms with E-state index in [1.54, 1.807) is 0 Å². The molecule has 2 heterocycles. The molecule has 0 saturated heterocycles. The van der Waals surface area contributed by atoms with Gasteiger partial charge in [0.15, 0.2) is 5.82 Å². The van der Waals surface area contributed by atoms with Gasteiger partial charge in [0.2, 0.25) is 0 Å². The van der Waals surface area contributed by atoms with Gasteiger partial charge in [-0.3, -0.25) is 5.10 Å². The number of anilines is 2. The molecule has 2 aromatic rings. The predicted octanol–water partition coefficient (Wildman–Crippen LogP) is 2.14. The summed E-state index contributed by atoms with van der Waals surface area (Å²) in [6, 6.07) is 8.53. The second-order valence-electron chi connectivity index (χ2n) is 5.32. The van der Waals surface area contributed by atoms with Gasteiger partial charge in [-0.1, -0.05) is 12.1 Å². The van der Waals surface area contributed by atoms with Crippen molar-refractivity contribution in [2.45, 2.75) is 12.8 Å². The Balaban J connectivity index is 2.03. The maximum absolute atomic E-state index is 5.95. The van der Waals surface area contributed by atoms with E-state index in [-0.39, 0.29) is 5.92 Å². The lowest BCUT2D eigenvalue weighted by Crippen LogP contribution is -2.18. The molecule has 0 aliphatic carbocycles. The molecule has 20 heavy (non-hydrogen) atoms. The highest BCUT2D eigenvalue weighted by Crippen LogP contribution is 2.36. The fraction of sp³-hybridized carbons (Fsp3) is 0.267. The van der Waals surface area contributed by atoms with Crippen molar-refractivity contribution < 1.29 is 0 Å². The van der Waals surface area contributed by atoms with E-state index in [1.807, 2.05) is 27.1 Å². The largest absolute Gasteiger partial charge is 0.385 e. The second-order valence-corrected chi connectivity index (χ2v) is 5.32. The quantitative estimate of drug-likeness (QED) is 0.781. The average molecular weight is 269 g/mol. The number of H-pyrrole nitrogens is 1. The molecule has 1 unspecified atom stereocenters. The third-order valence-corrected chi connectivity index (χ3v) is 3.68. The lowest BCUT2D eigenvalue weighted by Gasteiger charge is -2.22. The van der Waals surface area contributed by atoms with E-state index in [0.29, 0.717) is 5.82 Å². The molecule has 1 atom stereocenters. The van der Waals surface area contributed by atoms with E-state index in [4.69, 9.17) is 5.73 Å². The molecule has 0 amide bonds. The van der Waals surface area contributed by atoms with E-state index < -0.39 is 0 Å². The average Bonchev–Trinajstić information content (AvgIpc) is 2.79. The minimum absolute atomic E-state index is 0.140. The number of aryl methyl sites for hydroxylation is 1. The lowest BCUT2D eigenvalue weighted by atomic mass is 9.89. The Labute approximate surface area is 118 Å². The predicted molar refractivity (Wildman–Crippen MR) is 81.8 cm³/mol. The molecule has 0 radical (unpaired) electrons. The molecule has 1 aliphatic rings. The molecule has 3 rings (SSSR count). The topological polar surface area (TPSA) is 70.0 Å². The molecular weight excluding hydrogens is 250 g/mol. The van der Waals surface area contributed by atoms with Crippen molar-refractivity contribution >= 4 is 11.5 Å². The zero-order valence-corrected chi connectivity index (χ0v) is 11.9. The molecule has 0 saturated carbocycles. The highest BCUT2D eigenvalue weighted by atomic mass is 15.2. The lowest BCUT2D eigenvalue weighted by molar-refractivity contribution is 0.965. The number of allylic oxidation sites excluding steroid dienone is 1. The SMILES string of the molecule is Cc1[nH]nc2c1C(c1ccc(N(C)C)cc1)C=C(N)N2. The molecule has 0 spiro atoms. The molecule has 1 aromatic carbocycles. The number of hydrogen-bond donors (Lipinski definition) is 3. The van der Waals surface area contributed by atoms with Gasteiger partial charge < -0.3 is 16.0 Å². The first-order valence-electron chi connectivity index (χ1n) is 6.62. The molecule has 0 fully saturated rings. The molecule has 4 N–H and O–H groups in total. The van der Waals surface area contributed by atoms with E-state index in [9.17, 15) is 0 Å². The Bertz CT molecular complexity index is 651. The molecule has 0 bridgehead atoms. The Morgan fingerprint density at radius 2 is 1.90 bits per heavy atom. The van der Waals surface area contributed by atoms with Gasteiger partial charge in [0, 0.05) is 37.0 Å². The first kappa shape index (κ1) is 12.6. The number of nitrogens with zero attached hydrogens (tertiary/aromatic N) is 2. The fourth-order valence-electron chi connectivity index (χ4n) is 2.60. The van der Waals surface area contributed by atoms with E-state index in [1.165, 1.54) is 11.3 Å². The fourth-order valence-corrected chi connectivity index (χ4v) is 2.60. The van der Waals surface area contributed by atoms with Crippen molar-refractivity contribution in [1.82, 2.24) is 10.2 Å². The zero-order valence-electron chi connectivity index (χ0n) is 11.9. The summed E-state index contributed by atoms with van der Waals surface area (Å²) in [7, 11) is 4.07. The van der Waals surface area contributed by atoms with Gasteiger partial charge in [0.05, 0.1) is 5.82 Å². The van der Waals surface area contributed by atoms with Gasteiger partial charge in [-0.2, -0.15) is 5.10 Å². The first-order chi connectivity index (χ1) is 9.56. The Kier molecular flexibility index (Phi) is 2.89. The van der Waals surface area contributed by atoms with Crippen LogP contribution in [0.3, 0.4) is 0 Å². The Morgan fingerprint density at radius 3 is 2.55 bits per heavy atom. The number of aromatic amines is 1.